The predicted octanol–water partition coefficient (Wildman–Crippen LogP) is 4.01. The Labute approximate surface area is 156 Å². The lowest BCUT2D eigenvalue weighted by Crippen LogP contribution is -2.24. The van der Waals surface area contributed by atoms with Crippen LogP contribution in [0.2, 0.25) is 0 Å². The van der Waals surface area contributed by atoms with Crippen LogP contribution in [0.15, 0.2) is 60.7 Å². The molecule has 4 aromatic rings. The summed E-state index contributed by atoms with van der Waals surface area (Å²) >= 11 is 0. The third-order valence-corrected chi connectivity index (χ3v) is 5.28. The van der Waals surface area contributed by atoms with Crippen LogP contribution < -0.4 is 0 Å². The smallest absolute Gasteiger partial charge is 0.185 e. The Bertz CT molecular complexity index is 1150. The number of fused-ring (bicyclic) bond motifs is 3. The highest BCUT2D eigenvalue weighted by Crippen LogP contribution is 2.34. The van der Waals surface area contributed by atoms with E-state index in [0.717, 1.165) is 28.9 Å². The fourth-order valence-electron chi connectivity index (χ4n) is 3.98. The van der Waals surface area contributed by atoms with Crippen LogP contribution in [0.25, 0.3) is 16.8 Å². The molecular formula is C22H18N4O. The summed E-state index contributed by atoms with van der Waals surface area (Å²) in [5, 5.41) is 13.4. The molecule has 5 heteroatoms. The van der Waals surface area contributed by atoms with Gasteiger partial charge in [-0.2, -0.15) is 5.10 Å². The molecule has 0 amide bonds. The molecule has 5 nitrogen and oxygen atoms in total. The van der Waals surface area contributed by atoms with E-state index in [1.807, 2.05) is 60.0 Å². The molecule has 1 aliphatic rings. The fraction of sp³-hybridized carbons (Fsp3) is 0.182. The van der Waals surface area contributed by atoms with E-state index in [0.29, 0.717) is 17.8 Å². The zero-order valence-corrected chi connectivity index (χ0v) is 15.0. The number of carbonyl (C=O) groups is 1. The molecule has 0 fully saturated rings. The minimum atomic E-state index is 0.0360. The molecule has 0 unspecified atom stereocenters. The first-order valence-electron chi connectivity index (χ1n) is 9.11. The van der Waals surface area contributed by atoms with E-state index in [1.165, 1.54) is 5.56 Å². The maximum Gasteiger partial charge on any atom is 0.185 e. The van der Waals surface area contributed by atoms with Crippen molar-refractivity contribution in [3.8, 4) is 11.1 Å². The van der Waals surface area contributed by atoms with Gasteiger partial charge in [0.25, 0.3) is 0 Å². The van der Waals surface area contributed by atoms with Gasteiger partial charge in [-0.15, -0.1) is 10.2 Å². The first-order chi connectivity index (χ1) is 13.2. The molecule has 0 spiro atoms. The molecule has 0 N–H and O–H groups in total. The molecule has 0 radical (unpaired) electrons. The van der Waals surface area contributed by atoms with Crippen LogP contribution >= 0.6 is 0 Å². The van der Waals surface area contributed by atoms with Gasteiger partial charge in [-0.1, -0.05) is 60.7 Å². The maximum atomic E-state index is 12.7. The van der Waals surface area contributed by atoms with Gasteiger partial charge in [0, 0.05) is 6.42 Å². The van der Waals surface area contributed by atoms with Crippen LogP contribution in [0.1, 0.15) is 39.8 Å². The molecule has 2 aromatic carbocycles. The first-order valence-corrected chi connectivity index (χ1v) is 9.11. The van der Waals surface area contributed by atoms with E-state index in [4.69, 9.17) is 5.10 Å². The maximum absolute atomic E-state index is 12.7. The van der Waals surface area contributed by atoms with Crippen LogP contribution in [-0.2, 0) is 6.42 Å². The first kappa shape index (κ1) is 15.9. The summed E-state index contributed by atoms with van der Waals surface area (Å²) in [6, 6.07) is 20.3. The number of ketones is 1. The van der Waals surface area contributed by atoms with Gasteiger partial charge in [-0.05, 0) is 30.4 Å². The number of nitrogens with zero attached hydrogens (tertiary/aromatic N) is 4. The molecule has 0 bridgehead atoms. The molecule has 1 aliphatic carbocycles. The third-order valence-electron chi connectivity index (χ3n) is 5.28. The SMILES string of the molecule is Cc1nn2c3c(nnc2c1-c1ccccc1)C(=O)C[C@H](c1ccccc1)C3. The molecule has 2 aromatic heterocycles. The van der Waals surface area contributed by atoms with Crippen LogP contribution in [-0.4, -0.2) is 25.6 Å². The summed E-state index contributed by atoms with van der Waals surface area (Å²) in [6.45, 7) is 1.97. The molecule has 0 saturated carbocycles. The van der Waals surface area contributed by atoms with Crippen molar-refractivity contribution in [2.75, 3.05) is 0 Å². The Kier molecular flexibility index (Phi) is 3.60. The van der Waals surface area contributed by atoms with Gasteiger partial charge in [-0.3, -0.25) is 4.79 Å². The summed E-state index contributed by atoms with van der Waals surface area (Å²) in [4.78, 5) is 12.7. The van der Waals surface area contributed by atoms with E-state index in [2.05, 4.69) is 22.3 Å². The Hall–Kier alpha value is -3.34. The Morgan fingerprint density at radius 1 is 0.926 bits per heavy atom. The van der Waals surface area contributed by atoms with Crippen molar-refractivity contribution in [3.05, 3.63) is 83.3 Å². The van der Waals surface area contributed by atoms with Crippen molar-refractivity contribution in [1.82, 2.24) is 19.8 Å². The van der Waals surface area contributed by atoms with Gasteiger partial charge in [0.2, 0.25) is 0 Å². The Morgan fingerprint density at radius 2 is 1.63 bits per heavy atom. The monoisotopic (exact) mass is 354 g/mol. The molecule has 27 heavy (non-hydrogen) atoms. The lowest BCUT2D eigenvalue weighted by atomic mass is 9.83. The second-order valence-electron chi connectivity index (χ2n) is 7.00. The van der Waals surface area contributed by atoms with E-state index < -0.39 is 0 Å². The number of benzene rings is 2. The highest BCUT2D eigenvalue weighted by atomic mass is 16.1. The highest BCUT2D eigenvalue weighted by molar-refractivity contribution is 5.97. The topological polar surface area (TPSA) is 60.1 Å². The van der Waals surface area contributed by atoms with Crippen molar-refractivity contribution in [2.24, 2.45) is 0 Å². The van der Waals surface area contributed by atoms with Crippen molar-refractivity contribution in [1.29, 1.82) is 0 Å². The van der Waals surface area contributed by atoms with E-state index >= 15 is 0 Å². The zero-order valence-electron chi connectivity index (χ0n) is 15.0. The Balaban J connectivity index is 1.69. The summed E-state index contributed by atoms with van der Waals surface area (Å²) in [5.41, 5.74) is 6.11. The second-order valence-corrected chi connectivity index (χ2v) is 7.00. The van der Waals surface area contributed by atoms with E-state index in [-0.39, 0.29) is 11.7 Å². The van der Waals surface area contributed by atoms with Crippen molar-refractivity contribution in [2.45, 2.75) is 25.7 Å². The van der Waals surface area contributed by atoms with E-state index in [9.17, 15) is 4.79 Å². The number of Topliss-reactive ketones (excluding diaryl/α,β-unsaturated/α-hetero) is 1. The predicted molar refractivity (Wildman–Crippen MR) is 103 cm³/mol. The normalized spacial score (nSPS) is 16.5. The van der Waals surface area contributed by atoms with Crippen molar-refractivity contribution in [3.63, 3.8) is 0 Å². The van der Waals surface area contributed by atoms with E-state index in [1.54, 1.807) is 0 Å². The van der Waals surface area contributed by atoms with Crippen molar-refractivity contribution < 1.29 is 4.79 Å². The summed E-state index contributed by atoms with van der Waals surface area (Å²) in [5.74, 6) is 0.178. The van der Waals surface area contributed by atoms with Gasteiger partial charge in [0.15, 0.2) is 17.1 Å². The molecular weight excluding hydrogens is 336 g/mol. The van der Waals surface area contributed by atoms with Gasteiger partial charge < -0.3 is 0 Å². The Morgan fingerprint density at radius 3 is 2.37 bits per heavy atom. The van der Waals surface area contributed by atoms with Crippen LogP contribution in [0.5, 0.6) is 0 Å². The van der Waals surface area contributed by atoms with Gasteiger partial charge in [0.1, 0.15) is 0 Å². The molecule has 0 aliphatic heterocycles. The van der Waals surface area contributed by atoms with Gasteiger partial charge in [-0.25, -0.2) is 4.52 Å². The molecule has 132 valence electrons. The zero-order chi connectivity index (χ0) is 18.4. The number of aromatic nitrogens is 4. The largest absolute Gasteiger partial charge is 0.292 e. The summed E-state index contributed by atoms with van der Waals surface area (Å²) in [7, 11) is 0. The molecule has 0 saturated heterocycles. The standard InChI is InChI=1S/C22H18N4O/c1-14-20(16-10-6-3-7-11-16)22-24-23-21-18(26(22)25-14)12-17(13-19(21)27)15-8-4-2-5-9-15/h2-11,17H,12-13H2,1H3/t17-/m1/s1. The average molecular weight is 354 g/mol. The fourth-order valence-corrected chi connectivity index (χ4v) is 3.98. The lowest BCUT2D eigenvalue weighted by Gasteiger charge is -2.23. The molecule has 2 heterocycles. The minimum absolute atomic E-state index is 0.0360. The van der Waals surface area contributed by atoms with Crippen LogP contribution in [0.3, 0.4) is 0 Å². The second kappa shape index (κ2) is 6.13. The highest BCUT2D eigenvalue weighted by Gasteiger charge is 2.31. The lowest BCUT2D eigenvalue weighted by molar-refractivity contribution is 0.0955. The van der Waals surface area contributed by atoms with Crippen molar-refractivity contribution >= 4 is 11.4 Å². The van der Waals surface area contributed by atoms with Crippen LogP contribution in [0.4, 0.5) is 0 Å². The number of aryl methyl sites for hydroxylation is 1. The van der Waals surface area contributed by atoms with Gasteiger partial charge in [0.05, 0.1) is 17.0 Å². The quantitative estimate of drug-likeness (QED) is 0.546. The number of hydrogen-bond donors (Lipinski definition) is 0. The third kappa shape index (κ3) is 2.54. The summed E-state index contributed by atoms with van der Waals surface area (Å²) in [6.07, 6.45) is 1.19. The van der Waals surface area contributed by atoms with Gasteiger partial charge >= 0.3 is 0 Å². The average Bonchev–Trinajstić information content (AvgIpc) is 3.05. The number of rotatable bonds is 2. The minimum Gasteiger partial charge on any atom is -0.292 e. The number of hydrogen-bond acceptors (Lipinski definition) is 4. The number of carbonyl (C=O) groups excluding carboxylic acids is 1. The van der Waals surface area contributed by atoms with Crippen LogP contribution in [0, 0.1) is 6.92 Å². The summed E-state index contributed by atoms with van der Waals surface area (Å²) < 4.78 is 1.83. The molecule has 5 rings (SSSR count). The molecule has 1 atom stereocenters.